The van der Waals surface area contributed by atoms with Crippen molar-refractivity contribution in [3.8, 4) is 29.0 Å². The number of pyridine rings is 1. The molecule has 2 N–H and O–H groups in total. The fourth-order valence-electron chi connectivity index (χ4n) is 2.74. The van der Waals surface area contributed by atoms with Crippen LogP contribution in [0.3, 0.4) is 0 Å². The molecule has 0 aliphatic carbocycles. The lowest BCUT2D eigenvalue weighted by molar-refractivity contribution is 0.146. The first-order valence-corrected chi connectivity index (χ1v) is 10.9. The number of thioether (sulfide) groups is 1. The normalized spacial score (nSPS) is 10.4. The molecule has 0 amide bonds. The molecule has 0 spiro atoms. The molecule has 0 aliphatic heterocycles. The molecule has 0 aliphatic rings. The van der Waals surface area contributed by atoms with E-state index >= 15 is 0 Å². The summed E-state index contributed by atoms with van der Waals surface area (Å²) in [5.41, 5.74) is 9.81. The van der Waals surface area contributed by atoms with Gasteiger partial charge < -0.3 is 15.2 Å². The van der Waals surface area contributed by atoms with E-state index in [2.05, 4.69) is 23.7 Å². The molecule has 0 saturated heterocycles. The van der Waals surface area contributed by atoms with Crippen LogP contribution in [0.5, 0.6) is 5.75 Å². The van der Waals surface area contributed by atoms with E-state index in [9.17, 15) is 10.5 Å². The van der Waals surface area contributed by atoms with Gasteiger partial charge in [0.1, 0.15) is 40.9 Å². The van der Waals surface area contributed by atoms with Crippen LogP contribution in [-0.2, 0) is 4.74 Å². The molecule has 0 bridgehead atoms. The fraction of sp³-hybridized carbons (Fsp3) is 0.240. The highest BCUT2D eigenvalue weighted by Gasteiger charge is 2.20. The van der Waals surface area contributed by atoms with Gasteiger partial charge >= 0.3 is 0 Å². The van der Waals surface area contributed by atoms with Crippen molar-refractivity contribution in [3.63, 3.8) is 0 Å². The van der Waals surface area contributed by atoms with Crippen molar-refractivity contribution in [1.29, 1.82) is 10.5 Å². The van der Waals surface area contributed by atoms with Gasteiger partial charge in [-0.05, 0) is 37.1 Å². The van der Waals surface area contributed by atoms with Crippen LogP contribution in [0.1, 0.15) is 25.0 Å². The molecular formula is C25H26N4O2S. The number of rotatable bonds is 10. The Bertz CT molecular complexity index is 1100. The van der Waals surface area contributed by atoms with Crippen LogP contribution in [0, 0.1) is 22.7 Å². The van der Waals surface area contributed by atoms with Crippen LogP contribution < -0.4 is 10.5 Å². The van der Waals surface area contributed by atoms with E-state index in [0.717, 1.165) is 5.57 Å². The molecule has 1 aromatic carbocycles. The SMILES string of the molecule is C=C(/C=C\C=C(C)C)CSc1nc(N)c(C#N)c(-c2ccc(OCCOC)cc2)c1C#N. The van der Waals surface area contributed by atoms with E-state index in [1.807, 2.05) is 32.1 Å². The summed E-state index contributed by atoms with van der Waals surface area (Å²) < 4.78 is 10.6. The van der Waals surface area contributed by atoms with Gasteiger partial charge in [0.25, 0.3) is 0 Å². The van der Waals surface area contributed by atoms with E-state index in [1.165, 1.54) is 17.3 Å². The molecule has 6 nitrogen and oxygen atoms in total. The van der Waals surface area contributed by atoms with Gasteiger partial charge in [0, 0.05) is 18.4 Å². The number of benzene rings is 1. The monoisotopic (exact) mass is 446 g/mol. The van der Waals surface area contributed by atoms with Crippen LogP contribution in [0.2, 0.25) is 0 Å². The van der Waals surface area contributed by atoms with Gasteiger partial charge in [0.15, 0.2) is 0 Å². The number of aromatic nitrogens is 1. The number of nitrogens with two attached hydrogens (primary N) is 1. The molecule has 0 radical (unpaired) electrons. The highest BCUT2D eigenvalue weighted by molar-refractivity contribution is 7.99. The van der Waals surface area contributed by atoms with Crippen molar-refractivity contribution < 1.29 is 9.47 Å². The lowest BCUT2D eigenvalue weighted by atomic mass is 9.97. The number of anilines is 1. The summed E-state index contributed by atoms with van der Waals surface area (Å²) in [7, 11) is 1.61. The number of hydrogen-bond donors (Lipinski definition) is 1. The third-order valence-electron chi connectivity index (χ3n) is 4.27. The molecule has 7 heteroatoms. The van der Waals surface area contributed by atoms with Gasteiger partial charge in [-0.2, -0.15) is 10.5 Å². The topological polar surface area (TPSA) is 105 Å². The van der Waals surface area contributed by atoms with Crippen molar-refractivity contribution >= 4 is 17.6 Å². The zero-order valence-corrected chi connectivity index (χ0v) is 19.3. The van der Waals surface area contributed by atoms with E-state index < -0.39 is 0 Å². The third-order valence-corrected chi connectivity index (χ3v) is 5.35. The van der Waals surface area contributed by atoms with Gasteiger partial charge in [-0.25, -0.2) is 4.98 Å². The van der Waals surface area contributed by atoms with Gasteiger partial charge in [-0.15, -0.1) is 11.8 Å². The maximum absolute atomic E-state index is 9.90. The van der Waals surface area contributed by atoms with Crippen LogP contribution in [-0.4, -0.2) is 31.1 Å². The number of ether oxygens (including phenoxy) is 2. The molecule has 1 aromatic heterocycles. The van der Waals surface area contributed by atoms with E-state index in [-0.39, 0.29) is 11.4 Å². The van der Waals surface area contributed by atoms with Crippen LogP contribution in [0.4, 0.5) is 5.82 Å². The summed E-state index contributed by atoms with van der Waals surface area (Å²) in [4.78, 5) is 4.33. The summed E-state index contributed by atoms with van der Waals surface area (Å²) in [6, 6.07) is 11.5. The Morgan fingerprint density at radius 3 is 2.44 bits per heavy atom. The molecule has 1 heterocycles. The Kier molecular flexibility index (Phi) is 9.56. The standard InChI is InChI=1S/C25H26N4O2S/c1-17(2)6-5-7-18(3)16-32-25-22(15-27)23(21(14-26)24(28)29-25)19-8-10-20(11-9-19)31-13-12-30-4/h5-11H,3,12-13,16H2,1-2,4H3,(H2,28,29)/b7-5-. The van der Waals surface area contributed by atoms with Crippen LogP contribution in [0.15, 0.2) is 65.2 Å². The lowest BCUT2D eigenvalue weighted by Crippen LogP contribution is -2.05. The van der Waals surface area contributed by atoms with Crippen molar-refractivity contribution in [2.45, 2.75) is 18.9 Å². The van der Waals surface area contributed by atoms with Crippen LogP contribution in [0.25, 0.3) is 11.1 Å². The first-order valence-electron chi connectivity index (χ1n) is 9.89. The zero-order chi connectivity index (χ0) is 23.5. The van der Waals surface area contributed by atoms with Gasteiger partial charge in [-0.1, -0.05) is 42.5 Å². The molecule has 0 unspecified atom stereocenters. The zero-order valence-electron chi connectivity index (χ0n) is 18.5. The Balaban J connectivity index is 2.37. The number of nitrogens with zero attached hydrogens (tertiary/aromatic N) is 3. The highest BCUT2D eigenvalue weighted by atomic mass is 32.2. The Labute approximate surface area is 193 Å². The second-order valence-electron chi connectivity index (χ2n) is 7.07. The van der Waals surface area contributed by atoms with Crippen molar-refractivity contribution in [3.05, 3.63) is 71.3 Å². The summed E-state index contributed by atoms with van der Waals surface area (Å²) in [6.07, 6.45) is 5.85. The predicted octanol–water partition coefficient (Wildman–Crippen LogP) is 5.27. The molecule has 32 heavy (non-hydrogen) atoms. The molecule has 0 saturated carbocycles. The van der Waals surface area contributed by atoms with Crippen molar-refractivity contribution in [2.75, 3.05) is 31.8 Å². The lowest BCUT2D eigenvalue weighted by Gasteiger charge is -2.13. The summed E-state index contributed by atoms with van der Waals surface area (Å²) >= 11 is 1.36. The maximum Gasteiger partial charge on any atom is 0.143 e. The Morgan fingerprint density at radius 1 is 1.16 bits per heavy atom. The minimum absolute atomic E-state index is 0.0927. The maximum atomic E-state index is 9.90. The molecular weight excluding hydrogens is 420 g/mol. The van der Waals surface area contributed by atoms with E-state index in [1.54, 1.807) is 31.4 Å². The van der Waals surface area contributed by atoms with Gasteiger partial charge in [0.2, 0.25) is 0 Å². The second-order valence-corrected chi connectivity index (χ2v) is 8.03. The number of hydrogen-bond acceptors (Lipinski definition) is 7. The van der Waals surface area contributed by atoms with E-state index in [0.29, 0.717) is 46.4 Å². The molecule has 2 aromatic rings. The Morgan fingerprint density at radius 2 is 1.84 bits per heavy atom. The van der Waals surface area contributed by atoms with Crippen LogP contribution >= 0.6 is 11.8 Å². The summed E-state index contributed by atoms with van der Waals surface area (Å²) in [5.74, 6) is 1.29. The number of methoxy groups -OCH3 is 1. The smallest absolute Gasteiger partial charge is 0.143 e. The number of nitriles is 2. The quantitative estimate of drug-likeness (QED) is 0.301. The molecule has 0 atom stereocenters. The summed E-state index contributed by atoms with van der Waals surface area (Å²) in [6.45, 7) is 8.99. The second kappa shape index (κ2) is 12.4. The largest absolute Gasteiger partial charge is 0.491 e. The number of nitrogen functional groups attached to an aromatic ring is 1. The molecule has 0 fully saturated rings. The van der Waals surface area contributed by atoms with Gasteiger partial charge in [-0.3, -0.25) is 0 Å². The van der Waals surface area contributed by atoms with E-state index in [4.69, 9.17) is 15.2 Å². The average Bonchev–Trinajstić information content (AvgIpc) is 2.77. The minimum atomic E-state index is 0.0927. The summed E-state index contributed by atoms with van der Waals surface area (Å²) in [5, 5.41) is 20.0. The molecule has 2 rings (SSSR count). The minimum Gasteiger partial charge on any atom is -0.491 e. The Hall–Kier alpha value is -3.52. The third kappa shape index (κ3) is 6.75. The highest BCUT2D eigenvalue weighted by Crippen LogP contribution is 2.36. The van der Waals surface area contributed by atoms with Crippen molar-refractivity contribution in [2.24, 2.45) is 0 Å². The number of allylic oxidation sites excluding steroid dienone is 4. The van der Waals surface area contributed by atoms with Gasteiger partial charge in [0.05, 0.1) is 12.2 Å². The fourth-order valence-corrected chi connectivity index (χ4v) is 3.61. The predicted molar refractivity (Wildman–Crippen MR) is 129 cm³/mol. The first-order chi connectivity index (χ1) is 15.4. The first kappa shape index (κ1) is 24.7. The van der Waals surface area contributed by atoms with Crippen molar-refractivity contribution in [1.82, 2.24) is 4.98 Å². The average molecular weight is 447 g/mol. The molecule has 164 valence electrons.